The third-order valence-corrected chi connectivity index (χ3v) is 15.0. The van der Waals surface area contributed by atoms with Gasteiger partial charge in [0.2, 0.25) is 0 Å². The topological polar surface area (TPSA) is 17.3 Å². The van der Waals surface area contributed by atoms with Gasteiger partial charge >= 0.3 is 0 Å². The number of rotatable bonds is 4. The van der Waals surface area contributed by atoms with Gasteiger partial charge in [0.05, 0.1) is 26.8 Å². The Kier molecular flexibility index (Phi) is 7.23. The molecule has 13 aromatic rings. The van der Waals surface area contributed by atoms with Gasteiger partial charge in [-0.15, -0.1) is 11.3 Å². The van der Waals surface area contributed by atoms with E-state index >= 15 is 0 Å². The largest absolute Gasteiger partial charge is 0.291 e. The number of hydrogen-bond acceptors (Lipinski definition) is 2. The summed E-state index contributed by atoms with van der Waals surface area (Å²) in [6.07, 6.45) is 0. The lowest BCUT2D eigenvalue weighted by Gasteiger charge is -2.34. The third kappa shape index (κ3) is 4.86. The van der Waals surface area contributed by atoms with Gasteiger partial charge in [-0.1, -0.05) is 182 Å². The molecule has 0 aliphatic heterocycles. The Labute approximate surface area is 367 Å². The van der Waals surface area contributed by atoms with E-state index in [1.165, 1.54) is 97.0 Å². The molecule has 0 unspecified atom stereocenters. The number of aromatic nitrogens is 2. The van der Waals surface area contributed by atoms with E-state index in [0.717, 1.165) is 27.9 Å². The standard InChI is InChI=1S/C60H36N2S/c1-3-18-44(19-4-1)60(45-20-5-2-6-21-45)51-24-12-11-22-47(51)56-46(23-13-25-52(56)60)37-26-28-38(29-27-37)54-36-50-49-34-41-16-9-10-17-42(41)35-55(49)63-58(50)59-61-57-48-33-40-15-8-7-14-39(40)32-43(48)30-31-53(57)62(54)59/h1-36H. The Bertz CT molecular complexity index is 3970. The minimum absolute atomic E-state index is 0.445. The van der Waals surface area contributed by atoms with Crippen molar-refractivity contribution in [1.82, 2.24) is 9.38 Å². The van der Waals surface area contributed by atoms with E-state index in [1.807, 2.05) is 11.3 Å². The van der Waals surface area contributed by atoms with Crippen LogP contribution in [-0.4, -0.2) is 9.38 Å². The third-order valence-electron chi connectivity index (χ3n) is 13.8. The quantitative estimate of drug-likeness (QED) is 0.162. The van der Waals surface area contributed by atoms with Crippen molar-refractivity contribution < 1.29 is 0 Å². The molecule has 0 atom stereocenters. The first-order chi connectivity index (χ1) is 31.2. The lowest BCUT2D eigenvalue weighted by Crippen LogP contribution is -2.28. The van der Waals surface area contributed by atoms with Crippen LogP contribution >= 0.6 is 11.3 Å². The van der Waals surface area contributed by atoms with Crippen molar-refractivity contribution >= 4 is 80.5 Å². The summed E-state index contributed by atoms with van der Waals surface area (Å²) in [6, 6.07) is 81.0. The molecule has 3 heterocycles. The number of benzene rings is 10. The fourth-order valence-electron chi connectivity index (χ4n) is 11.0. The molecule has 1 aliphatic carbocycles. The van der Waals surface area contributed by atoms with Crippen molar-refractivity contribution in [2.45, 2.75) is 5.41 Å². The molecule has 0 saturated heterocycles. The van der Waals surface area contributed by atoms with Gasteiger partial charge in [-0.2, -0.15) is 0 Å². The molecule has 3 heteroatoms. The van der Waals surface area contributed by atoms with E-state index in [-0.39, 0.29) is 0 Å². The monoisotopic (exact) mass is 816 g/mol. The predicted molar refractivity (Wildman–Crippen MR) is 266 cm³/mol. The molecule has 0 spiro atoms. The van der Waals surface area contributed by atoms with Crippen LogP contribution in [0.1, 0.15) is 22.3 Å². The van der Waals surface area contributed by atoms with E-state index in [2.05, 4.69) is 223 Å². The van der Waals surface area contributed by atoms with E-state index in [4.69, 9.17) is 4.98 Å². The SMILES string of the molecule is c1ccc(C2(c3ccccc3)c3ccccc3-c3c(-c4ccc(-c5cc6c7cc8ccccc8cc7sc6c6nc7c8cc9ccccc9cc8ccc7n56)cc4)cccc32)cc1. The summed E-state index contributed by atoms with van der Waals surface area (Å²) in [5, 5.41) is 9.88. The molecule has 0 fully saturated rings. The number of pyridine rings is 1. The Morgan fingerprint density at radius 1 is 0.413 bits per heavy atom. The predicted octanol–water partition coefficient (Wildman–Crippen LogP) is 16.0. The number of thiophene rings is 1. The molecule has 0 amide bonds. The van der Waals surface area contributed by atoms with Crippen LogP contribution in [0.3, 0.4) is 0 Å². The fraction of sp³-hybridized carbons (Fsp3) is 0.0167. The zero-order valence-electron chi connectivity index (χ0n) is 34.1. The van der Waals surface area contributed by atoms with E-state index in [1.54, 1.807) is 0 Å². The van der Waals surface area contributed by atoms with Crippen LogP contribution in [0.5, 0.6) is 0 Å². The van der Waals surface area contributed by atoms with Crippen LogP contribution < -0.4 is 0 Å². The van der Waals surface area contributed by atoms with Gasteiger partial charge in [0.15, 0.2) is 5.65 Å². The van der Waals surface area contributed by atoms with Crippen molar-refractivity contribution in [3.05, 3.63) is 241 Å². The van der Waals surface area contributed by atoms with Gasteiger partial charge < -0.3 is 0 Å². The average molecular weight is 817 g/mol. The van der Waals surface area contributed by atoms with E-state index in [9.17, 15) is 0 Å². The molecule has 0 N–H and O–H groups in total. The first kappa shape index (κ1) is 34.8. The van der Waals surface area contributed by atoms with E-state index < -0.39 is 5.41 Å². The van der Waals surface area contributed by atoms with Gasteiger partial charge in [-0.3, -0.25) is 4.40 Å². The first-order valence-corrected chi connectivity index (χ1v) is 22.5. The molecule has 2 nitrogen and oxygen atoms in total. The van der Waals surface area contributed by atoms with Crippen LogP contribution in [0.15, 0.2) is 218 Å². The molecule has 63 heavy (non-hydrogen) atoms. The van der Waals surface area contributed by atoms with Crippen LogP contribution in [0.2, 0.25) is 0 Å². The summed E-state index contributed by atoms with van der Waals surface area (Å²) in [4.78, 5) is 5.59. The highest BCUT2D eigenvalue weighted by Gasteiger charge is 2.46. The first-order valence-electron chi connectivity index (χ1n) is 21.7. The summed E-state index contributed by atoms with van der Waals surface area (Å²) in [5.74, 6) is 0. The van der Waals surface area contributed by atoms with Crippen molar-refractivity contribution in [1.29, 1.82) is 0 Å². The maximum Gasteiger partial charge on any atom is 0.156 e. The van der Waals surface area contributed by atoms with Crippen LogP contribution in [0, 0.1) is 0 Å². The van der Waals surface area contributed by atoms with Gasteiger partial charge in [0.25, 0.3) is 0 Å². The zero-order chi connectivity index (χ0) is 41.2. The van der Waals surface area contributed by atoms with Crippen LogP contribution in [0.25, 0.3) is 103 Å². The fourth-order valence-corrected chi connectivity index (χ4v) is 12.2. The van der Waals surface area contributed by atoms with E-state index in [0.29, 0.717) is 0 Å². The highest BCUT2D eigenvalue weighted by Crippen LogP contribution is 2.58. The van der Waals surface area contributed by atoms with Crippen molar-refractivity contribution in [2.24, 2.45) is 0 Å². The molecule has 14 rings (SSSR count). The smallest absolute Gasteiger partial charge is 0.156 e. The lowest BCUT2D eigenvalue weighted by molar-refractivity contribution is 0.768. The summed E-state index contributed by atoms with van der Waals surface area (Å²) in [6.45, 7) is 0. The zero-order valence-corrected chi connectivity index (χ0v) is 34.9. The number of nitrogens with zero attached hydrogens (tertiary/aromatic N) is 2. The summed E-state index contributed by atoms with van der Waals surface area (Å²) in [5.41, 5.74) is 15.2. The maximum atomic E-state index is 5.59. The molecule has 10 aromatic carbocycles. The van der Waals surface area contributed by atoms with Gasteiger partial charge in [-0.05, 0) is 113 Å². The Balaban J connectivity index is 1.01. The molecule has 3 aromatic heterocycles. The molecule has 0 radical (unpaired) electrons. The normalized spacial score (nSPS) is 13.2. The molecule has 0 bridgehead atoms. The number of fused-ring (bicyclic) bond motifs is 14. The van der Waals surface area contributed by atoms with Gasteiger partial charge in [-0.25, -0.2) is 4.98 Å². The van der Waals surface area contributed by atoms with Crippen molar-refractivity contribution in [2.75, 3.05) is 0 Å². The van der Waals surface area contributed by atoms with Crippen molar-refractivity contribution in [3.8, 4) is 33.5 Å². The highest BCUT2D eigenvalue weighted by molar-refractivity contribution is 7.26. The Morgan fingerprint density at radius 2 is 1.00 bits per heavy atom. The van der Waals surface area contributed by atoms with Crippen molar-refractivity contribution in [3.63, 3.8) is 0 Å². The molecular formula is C60H36N2S. The molecule has 1 aliphatic rings. The molecule has 0 saturated carbocycles. The summed E-state index contributed by atoms with van der Waals surface area (Å²) in [7, 11) is 0. The maximum absolute atomic E-state index is 5.59. The second kappa shape index (κ2) is 13.1. The average Bonchev–Trinajstić information content (AvgIpc) is 4.02. The second-order valence-electron chi connectivity index (χ2n) is 17.0. The minimum Gasteiger partial charge on any atom is -0.291 e. The van der Waals surface area contributed by atoms with Crippen LogP contribution in [-0.2, 0) is 5.41 Å². The lowest BCUT2D eigenvalue weighted by atomic mass is 9.67. The summed E-state index contributed by atoms with van der Waals surface area (Å²) < 4.78 is 4.91. The van der Waals surface area contributed by atoms with Crippen LogP contribution in [0.4, 0.5) is 0 Å². The Morgan fingerprint density at radius 3 is 1.73 bits per heavy atom. The number of hydrogen-bond donors (Lipinski definition) is 0. The minimum atomic E-state index is -0.445. The molecular weight excluding hydrogens is 781 g/mol. The second-order valence-corrected chi connectivity index (χ2v) is 18.1. The van der Waals surface area contributed by atoms with Gasteiger partial charge in [0, 0.05) is 20.9 Å². The summed E-state index contributed by atoms with van der Waals surface area (Å²) >= 11 is 1.85. The molecule has 292 valence electrons. The highest BCUT2D eigenvalue weighted by atomic mass is 32.1. The van der Waals surface area contributed by atoms with Gasteiger partial charge in [0.1, 0.15) is 0 Å². The number of imidazole rings is 1. The Hall–Kier alpha value is -7.85.